The van der Waals surface area contributed by atoms with Crippen LogP contribution in [0.5, 0.6) is 0 Å². The molecule has 0 saturated carbocycles. The molecule has 8 nitrogen and oxygen atoms in total. The molecule has 26 heavy (non-hydrogen) atoms. The Labute approximate surface area is 151 Å². The van der Waals surface area contributed by atoms with Crippen LogP contribution in [-0.4, -0.2) is 64.7 Å². The van der Waals surface area contributed by atoms with E-state index in [1.807, 2.05) is 29.6 Å². The number of hydrogen-bond acceptors (Lipinski definition) is 4. The lowest BCUT2D eigenvalue weighted by molar-refractivity contribution is 0.0785. The number of anilines is 1. The van der Waals surface area contributed by atoms with Crippen LogP contribution in [0.15, 0.2) is 22.9 Å². The number of likely N-dealkylation sites (N-methyl/N-ethyl adjacent to an activating group) is 1. The number of aromatic nitrogens is 2. The molecule has 3 amide bonds. The Hall–Kier alpha value is -2.77. The summed E-state index contributed by atoms with van der Waals surface area (Å²) < 4.78 is 7.36. The number of carbonyl (C=O) groups is 2. The maximum absolute atomic E-state index is 12.7. The number of nitrogens with zero attached hydrogens (tertiary/aromatic N) is 5. The van der Waals surface area contributed by atoms with Crippen molar-refractivity contribution in [1.29, 1.82) is 0 Å². The summed E-state index contributed by atoms with van der Waals surface area (Å²) in [4.78, 5) is 30.1. The van der Waals surface area contributed by atoms with Crippen molar-refractivity contribution in [3.8, 4) is 0 Å². The highest BCUT2D eigenvalue weighted by atomic mass is 16.3. The predicted molar refractivity (Wildman–Crippen MR) is 95.3 cm³/mol. The van der Waals surface area contributed by atoms with Gasteiger partial charge in [-0.1, -0.05) is 0 Å². The maximum atomic E-state index is 12.7. The van der Waals surface area contributed by atoms with Gasteiger partial charge in [-0.15, -0.1) is 0 Å². The van der Waals surface area contributed by atoms with E-state index >= 15 is 0 Å². The molecule has 1 atom stereocenters. The average molecular weight is 357 g/mol. The van der Waals surface area contributed by atoms with E-state index in [0.29, 0.717) is 31.0 Å². The molecule has 1 unspecified atom stereocenters. The van der Waals surface area contributed by atoms with Crippen LogP contribution in [-0.2, 0) is 0 Å². The molecule has 138 valence electrons. The lowest BCUT2D eigenvalue weighted by atomic mass is 10.2. The molecule has 2 aromatic heterocycles. The van der Waals surface area contributed by atoms with Gasteiger partial charge < -0.3 is 14.2 Å². The van der Waals surface area contributed by atoms with E-state index in [4.69, 9.17) is 4.42 Å². The van der Waals surface area contributed by atoms with Crippen molar-refractivity contribution in [2.45, 2.75) is 26.3 Å². The summed E-state index contributed by atoms with van der Waals surface area (Å²) in [5.74, 6) is 1.41. The summed E-state index contributed by atoms with van der Waals surface area (Å²) in [6, 6.07) is 1.92. The van der Waals surface area contributed by atoms with Gasteiger partial charge >= 0.3 is 6.03 Å². The Morgan fingerprint density at radius 2 is 2.08 bits per heavy atom. The van der Waals surface area contributed by atoms with Gasteiger partial charge in [-0.05, 0) is 26.3 Å². The quantitative estimate of drug-likeness (QED) is 0.843. The molecule has 2 aliphatic rings. The molecule has 4 heterocycles. The van der Waals surface area contributed by atoms with Crippen LogP contribution >= 0.6 is 0 Å². The fourth-order valence-corrected chi connectivity index (χ4v) is 3.71. The monoisotopic (exact) mass is 357 g/mol. The number of rotatable bonds is 3. The third-order valence-electron chi connectivity index (χ3n) is 5.21. The molecule has 0 N–H and O–H groups in total. The van der Waals surface area contributed by atoms with Gasteiger partial charge in [-0.25, -0.2) is 4.79 Å². The second kappa shape index (κ2) is 6.19. The molecule has 0 aliphatic carbocycles. The van der Waals surface area contributed by atoms with Crippen LogP contribution in [0.1, 0.15) is 34.3 Å². The molecule has 0 radical (unpaired) electrons. The fourth-order valence-electron chi connectivity index (χ4n) is 3.71. The van der Waals surface area contributed by atoms with E-state index in [0.717, 1.165) is 24.4 Å². The zero-order chi connectivity index (χ0) is 18.4. The Kier molecular flexibility index (Phi) is 3.97. The second-order valence-electron chi connectivity index (χ2n) is 7.05. The van der Waals surface area contributed by atoms with Crippen LogP contribution in [0.4, 0.5) is 10.5 Å². The van der Waals surface area contributed by atoms with E-state index in [1.54, 1.807) is 29.1 Å². The van der Waals surface area contributed by atoms with Crippen molar-refractivity contribution in [2.75, 3.05) is 38.1 Å². The maximum Gasteiger partial charge on any atom is 0.324 e. The van der Waals surface area contributed by atoms with Crippen LogP contribution in [0, 0.1) is 13.8 Å². The summed E-state index contributed by atoms with van der Waals surface area (Å²) >= 11 is 0. The topological polar surface area (TPSA) is 74.8 Å². The zero-order valence-corrected chi connectivity index (χ0v) is 15.3. The van der Waals surface area contributed by atoms with Crippen molar-refractivity contribution in [3.63, 3.8) is 0 Å². The second-order valence-corrected chi connectivity index (χ2v) is 7.05. The van der Waals surface area contributed by atoms with Crippen LogP contribution in [0.25, 0.3) is 0 Å². The Balaban J connectivity index is 1.45. The minimum atomic E-state index is -0.00132. The van der Waals surface area contributed by atoms with Crippen LogP contribution < -0.4 is 4.90 Å². The Morgan fingerprint density at radius 3 is 2.73 bits per heavy atom. The van der Waals surface area contributed by atoms with Gasteiger partial charge in [0.2, 0.25) is 0 Å². The number of hydrogen-bond donors (Lipinski definition) is 0. The summed E-state index contributed by atoms with van der Waals surface area (Å²) in [6.45, 7) is 6.36. The smallest absolute Gasteiger partial charge is 0.324 e. The number of furan rings is 1. The minimum Gasteiger partial charge on any atom is -0.466 e. The molecule has 0 spiro atoms. The van der Waals surface area contributed by atoms with E-state index in [2.05, 4.69) is 5.10 Å². The zero-order valence-electron chi connectivity index (χ0n) is 15.3. The molecule has 4 rings (SSSR count). The molecule has 2 saturated heterocycles. The normalized spacial score (nSPS) is 20.5. The van der Waals surface area contributed by atoms with Gasteiger partial charge in [0.05, 0.1) is 23.5 Å². The van der Waals surface area contributed by atoms with Crippen molar-refractivity contribution in [2.24, 2.45) is 0 Å². The fraction of sp³-hybridized carbons (Fsp3) is 0.500. The third kappa shape index (κ3) is 2.75. The molecule has 0 aromatic carbocycles. The third-order valence-corrected chi connectivity index (χ3v) is 5.21. The highest BCUT2D eigenvalue weighted by molar-refractivity contribution is 5.95. The van der Waals surface area contributed by atoms with E-state index in [-0.39, 0.29) is 18.0 Å². The minimum absolute atomic E-state index is 0.00132. The van der Waals surface area contributed by atoms with Crippen molar-refractivity contribution in [3.05, 3.63) is 35.5 Å². The Morgan fingerprint density at radius 1 is 1.27 bits per heavy atom. The van der Waals surface area contributed by atoms with E-state index in [9.17, 15) is 9.59 Å². The molecule has 2 fully saturated rings. The number of likely N-dealkylation sites (tertiary alicyclic amines) is 1. The lowest BCUT2D eigenvalue weighted by Crippen LogP contribution is -2.29. The predicted octanol–water partition coefficient (Wildman–Crippen LogP) is 2.05. The molecular weight excluding hydrogens is 334 g/mol. The summed E-state index contributed by atoms with van der Waals surface area (Å²) in [5, 5.41) is 4.44. The van der Waals surface area contributed by atoms with Crippen molar-refractivity contribution in [1.82, 2.24) is 19.6 Å². The Bertz CT molecular complexity index is 855. The van der Waals surface area contributed by atoms with Gasteiger partial charge in [0.1, 0.15) is 11.5 Å². The standard InChI is InChI=1S/C18H23N5O3/c1-12-8-16(13(2)26-12)17(24)21-5-4-14(10-21)23-11-15(9-19-23)22-7-6-20(3)18(22)25/h8-9,11,14H,4-7,10H2,1-3H3. The van der Waals surface area contributed by atoms with Crippen LogP contribution in [0.2, 0.25) is 0 Å². The lowest BCUT2D eigenvalue weighted by Gasteiger charge is -2.16. The molecule has 2 aromatic rings. The van der Waals surface area contributed by atoms with Gasteiger partial charge in [0.15, 0.2) is 0 Å². The van der Waals surface area contributed by atoms with Gasteiger partial charge in [-0.2, -0.15) is 5.10 Å². The highest BCUT2D eigenvalue weighted by Gasteiger charge is 2.32. The van der Waals surface area contributed by atoms with E-state index < -0.39 is 0 Å². The largest absolute Gasteiger partial charge is 0.466 e. The molecular formula is C18H23N5O3. The number of urea groups is 1. The van der Waals surface area contributed by atoms with Crippen molar-refractivity contribution < 1.29 is 14.0 Å². The summed E-state index contributed by atoms with van der Waals surface area (Å²) in [6.07, 6.45) is 4.48. The highest BCUT2D eigenvalue weighted by Crippen LogP contribution is 2.27. The molecule has 8 heteroatoms. The number of carbonyl (C=O) groups excluding carboxylic acids is 2. The summed E-state index contributed by atoms with van der Waals surface area (Å²) in [5.41, 5.74) is 1.44. The van der Waals surface area contributed by atoms with Gasteiger partial charge in [0, 0.05) is 39.4 Å². The first-order chi connectivity index (χ1) is 12.4. The molecule has 0 bridgehead atoms. The SMILES string of the molecule is Cc1cc(C(=O)N2CCC(n3cc(N4CCN(C)C4=O)cn3)C2)c(C)o1. The van der Waals surface area contributed by atoms with Gasteiger partial charge in [-0.3, -0.25) is 14.4 Å². The number of amides is 3. The van der Waals surface area contributed by atoms with Crippen LogP contribution in [0.3, 0.4) is 0 Å². The summed E-state index contributed by atoms with van der Waals surface area (Å²) in [7, 11) is 1.80. The first-order valence-electron chi connectivity index (χ1n) is 8.87. The molecule has 2 aliphatic heterocycles. The number of aryl methyl sites for hydroxylation is 2. The average Bonchev–Trinajstić information content (AvgIpc) is 3.36. The van der Waals surface area contributed by atoms with Crippen molar-refractivity contribution >= 4 is 17.6 Å². The van der Waals surface area contributed by atoms with E-state index in [1.165, 1.54) is 0 Å². The first kappa shape index (κ1) is 16.7. The first-order valence-corrected chi connectivity index (χ1v) is 8.87. The van der Waals surface area contributed by atoms with Gasteiger partial charge in [0.25, 0.3) is 5.91 Å².